The molecule has 146 valence electrons. The van der Waals surface area contributed by atoms with Gasteiger partial charge in [-0.3, -0.25) is 9.59 Å². The van der Waals surface area contributed by atoms with Crippen molar-refractivity contribution in [1.82, 2.24) is 9.80 Å². The van der Waals surface area contributed by atoms with Gasteiger partial charge in [0.15, 0.2) is 6.10 Å². The van der Waals surface area contributed by atoms with E-state index >= 15 is 0 Å². The van der Waals surface area contributed by atoms with Gasteiger partial charge in [0.25, 0.3) is 5.91 Å². The number of carbonyl (C=O) groups is 2. The van der Waals surface area contributed by atoms with Crippen LogP contribution in [-0.2, 0) is 14.3 Å². The van der Waals surface area contributed by atoms with Crippen LogP contribution in [0.5, 0.6) is 5.75 Å². The number of carbonyl (C=O) groups excluding carboxylic acids is 2. The van der Waals surface area contributed by atoms with Crippen molar-refractivity contribution in [1.29, 1.82) is 0 Å². The van der Waals surface area contributed by atoms with Gasteiger partial charge < -0.3 is 19.3 Å². The lowest BCUT2D eigenvalue weighted by Gasteiger charge is -2.42. The highest BCUT2D eigenvalue weighted by molar-refractivity contribution is 5.86. The fourth-order valence-electron chi connectivity index (χ4n) is 4.12. The van der Waals surface area contributed by atoms with Crippen molar-refractivity contribution < 1.29 is 19.1 Å². The van der Waals surface area contributed by atoms with Crippen LogP contribution >= 0.6 is 0 Å². The molecule has 0 spiro atoms. The van der Waals surface area contributed by atoms with E-state index in [0.717, 1.165) is 30.7 Å². The van der Waals surface area contributed by atoms with E-state index in [9.17, 15) is 9.59 Å². The number of amides is 2. The molecule has 0 bridgehead atoms. The first-order valence-corrected chi connectivity index (χ1v) is 9.90. The predicted molar refractivity (Wildman–Crippen MR) is 100 cm³/mol. The van der Waals surface area contributed by atoms with Gasteiger partial charge in [0.1, 0.15) is 12.4 Å². The van der Waals surface area contributed by atoms with E-state index in [4.69, 9.17) is 9.47 Å². The number of ether oxygens (including phenoxy) is 2. The molecule has 2 saturated carbocycles. The molecule has 0 N–H and O–H groups in total. The number of rotatable bonds is 6. The molecule has 3 aliphatic rings. The molecule has 6 nitrogen and oxygen atoms in total. The van der Waals surface area contributed by atoms with Gasteiger partial charge >= 0.3 is 0 Å². The Balaban J connectivity index is 1.60. The third kappa shape index (κ3) is 3.68. The highest BCUT2D eigenvalue weighted by atomic mass is 16.5. The maximum absolute atomic E-state index is 13.2. The summed E-state index contributed by atoms with van der Waals surface area (Å²) in [5.41, 5.74) is 0.922. The lowest BCUT2D eigenvalue weighted by Crippen LogP contribution is -2.55. The first kappa shape index (κ1) is 18.3. The minimum absolute atomic E-state index is 0.0170. The van der Waals surface area contributed by atoms with E-state index in [1.54, 1.807) is 12.0 Å². The summed E-state index contributed by atoms with van der Waals surface area (Å²) in [5.74, 6) is 1.30. The number of benzene rings is 1. The second kappa shape index (κ2) is 7.50. The molecule has 2 amide bonds. The molecule has 1 heterocycles. The zero-order valence-electron chi connectivity index (χ0n) is 16.1. The summed E-state index contributed by atoms with van der Waals surface area (Å²) >= 11 is 0. The van der Waals surface area contributed by atoms with Crippen LogP contribution in [0.1, 0.15) is 43.7 Å². The summed E-state index contributed by atoms with van der Waals surface area (Å²) in [5, 5.41) is 0. The van der Waals surface area contributed by atoms with Crippen molar-refractivity contribution in [3.05, 3.63) is 29.8 Å². The quantitative estimate of drug-likeness (QED) is 0.769. The third-order valence-electron chi connectivity index (χ3n) is 6.03. The van der Waals surface area contributed by atoms with Crippen molar-refractivity contribution in [2.24, 2.45) is 5.92 Å². The van der Waals surface area contributed by atoms with Crippen LogP contribution in [0, 0.1) is 5.92 Å². The molecular formula is C21H28N2O4. The van der Waals surface area contributed by atoms with Crippen LogP contribution in [0.4, 0.5) is 0 Å². The number of nitrogens with zero attached hydrogens (tertiary/aromatic N) is 2. The summed E-state index contributed by atoms with van der Waals surface area (Å²) in [6.07, 6.45) is 4.98. The molecule has 1 aromatic carbocycles. The number of morpholine rings is 1. The summed E-state index contributed by atoms with van der Waals surface area (Å²) in [6, 6.07) is 7.47. The number of hydrogen-bond acceptors (Lipinski definition) is 4. The lowest BCUT2D eigenvalue weighted by molar-refractivity contribution is -0.170. The smallest absolute Gasteiger partial charge is 0.253 e. The van der Waals surface area contributed by atoms with Crippen LogP contribution in [0.3, 0.4) is 0 Å². The zero-order valence-corrected chi connectivity index (χ0v) is 16.1. The molecule has 1 aromatic rings. The average molecular weight is 372 g/mol. The number of likely N-dealkylation sites (N-methyl/N-ethyl adjacent to an activating group) is 1. The average Bonchev–Trinajstić information content (AvgIpc) is 3.48. The highest BCUT2D eigenvalue weighted by Gasteiger charge is 2.48. The van der Waals surface area contributed by atoms with Crippen LogP contribution in [-0.4, -0.2) is 61.1 Å². The first-order chi connectivity index (χ1) is 13.1. The second-order valence-electron chi connectivity index (χ2n) is 8.00. The van der Waals surface area contributed by atoms with E-state index in [1.807, 2.05) is 36.2 Å². The standard InChI is InChI=1S/C21H28N2O4/c1-22(12-14-4-3-5-14)21(25)20-19(15-6-10-17(26-2)11-7-15)23(16-8-9-16)18(24)13-27-20/h6-7,10-11,14,16,19-20H,3-5,8-9,12-13H2,1-2H3/t19-,20+/m1/s1. The van der Waals surface area contributed by atoms with E-state index in [-0.39, 0.29) is 30.5 Å². The molecular weight excluding hydrogens is 344 g/mol. The lowest BCUT2D eigenvalue weighted by atomic mass is 9.85. The maximum Gasteiger partial charge on any atom is 0.253 e. The molecule has 6 heteroatoms. The van der Waals surface area contributed by atoms with Gasteiger partial charge in [-0.05, 0) is 49.3 Å². The molecule has 4 rings (SSSR count). The Kier molecular flexibility index (Phi) is 5.08. The van der Waals surface area contributed by atoms with Crippen molar-refractivity contribution in [2.75, 3.05) is 27.3 Å². The summed E-state index contributed by atoms with van der Waals surface area (Å²) in [6.45, 7) is 0.752. The van der Waals surface area contributed by atoms with E-state index in [2.05, 4.69) is 0 Å². The molecule has 0 unspecified atom stereocenters. The van der Waals surface area contributed by atoms with Crippen LogP contribution in [0.2, 0.25) is 0 Å². The van der Waals surface area contributed by atoms with Gasteiger partial charge in [0.05, 0.1) is 13.2 Å². The Labute approximate surface area is 160 Å². The topological polar surface area (TPSA) is 59.1 Å². The van der Waals surface area contributed by atoms with E-state index < -0.39 is 6.10 Å². The van der Waals surface area contributed by atoms with Gasteiger partial charge in [0, 0.05) is 19.6 Å². The largest absolute Gasteiger partial charge is 0.497 e. The third-order valence-corrected chi connectivity index (χ3v) is 6.03. The molecule has 0 aromatic heterocycles. The summed E-state index contributed by atoms with van der Waals surface area (Å²) in [7, 11) is 3.48. The minimum atomic E-state index is -0.651. The van der Waals surface area contributed by atoms with Gasteiger partial charge in [-0.15, -0.1) is 0 Å². The van der Waals surface area contributed by atoms with Crippen LogP contribution < -0.4 is 4.74 Å². The summed E-state index contributed by atoms with van der Waals surface area (Å²) in [4.78, 5) is 29.5. The molecule has 0 radical (unpaired) electrons. The van der Waals surface area contributed by atoms with Crippen molar-refractivity contribution >= 4 is 11.8 Å². The fraction of sp³-hybridized carbons (Fsp3) is 0.619. The SMILES string of the molecule is COc1ccc([C@@H]2[C@@H](C(=O)N(C)CC3CCC3)OCC(=O)N2C2CC2)cc1. The Hall–Kier alpha value is -2.08. The van der Waals surface area contributed by atoms with Gasteiger partial charge in [-0.2, -0.15) is 0 Å². The predicted octanol–water partition coefficient (Wildman–Crippen LogP) is 2.38. The van der Waals surface area contributed by atoms with Crippen LogP contribution in [0.25, 0.3) is 0 Å². The molecule has 3 fully saturated rings. The van der Waals surface area contributed by atoms with E-state index in [0.29, 0.717) is 5.92 Å². The molecule has 2 aliphatic carbocycles. The van der Waals surface area contributed by atoms with Crippen LogP contribution in [0.15, 0.2) is 24.3 Å². The highest BCUT2D eigenvalue weighted by Crippen LogP contribution is 2.40. The van der Waals surface area contributed by atoms with Crippen molar-refractivity contribution in [3.63, 3.8) is 0 Å². The number of hydrogen-bond donors (Lipinski definition) is 0. The fourth-order valence-corrected chi connectivity index (χ4v) is 4.12. The Morgan fingerprint density at radius 2 is 1.93 bits per heavy atom. The Morgan fingerprint density at radius 1 is 1.22 bits per heavy atom. The molecule has 1 aliphatic heterocycles. The van der Waals surface area contributed by atoms with Gasteiger partial charge in [0.2, 0.25) is 5.91 Å². The zero-order chi connectivity index (χ0) is 19.0. The number of methoxy groups -OCH3 is 1. The van der Waals surface area contributed by atoms with Crippen molar-refractivity contribution in [2.45, 2.75) is 50.3 Å². The minimum Gasteiger partial charge on any atom is -0.497 e. The normalized spacial score (nSPS) is 25.9. The first-order valence-electron chi connectivity index (χ1n) is 9.90. The van der Waals surface area contributed by atoms with E-state index in [1.165, 1.54) is 19.3 Å². The van der Waals surface area contributed by atoms with Gasteiger partial charge in [-0.1, -0.05) is 18.6 Å². The monoisotopic (exact) mass is 372 g/mol. The second-order valence-corrected chi connectivity index (χ2v) is 8.00. The Morgan fingerprint density at radius 3 is 2.48 bits per heavy atom. The Bertz CT molecular complexity index is 697. The molecule has 1 saturated heterocycles. The molecule has 2 atom stereocenters. The maximum atomic E-state index is 13.2. The molecule has 27 heavy (non-hydrogen) atoms. The van der Waals surface area contributed by atoms with Crippen molar-refractivity contribution in [3.8, 4) is 5.75 Å². The van der Waals surface area contributed by atoms with Gasteiger partial charge in [-0.25, -0.2) is 0 Å². The summed E-state index contributed by atoms with van der Waals surface area (Å²) < 4.78 is 11.1.